The Bertz CT molecular complexity index is 1450. The lowest BCUT2D eigenvalue weighted by Crippen LogP contribution is -1.98. The molecule has 0 aliphatic carbocycles. The number of aryl methyl sites for hydroxylation is 3. The molecule has 2 N–H and O–H groups in total. The van der Waals surface area contributed by atoms with Crippen LogP contribution in [0.2, 0.25) is 0 Å². The molecule has 3 aromatic heterocycles. The first-order valence-corrected chi connectivity index (χ1v) is 11.5. The number of anilines is 2. The Morgan fingerprint density at radius 2 is 1.83 bits per heavy atom. The Morgan fingerprint density at radius 3 is 2.69 bits per heavy atom. The molecule has 0 aliphatic rings. The van der Waals surface area contributed by atoms with Gasteiger partial charge < -0.3 is 14.8 Å². The minimum atomic E-state index is 0.648. The van der Waals surface area contributed by atoms with Crippen molar-refractivity contribution in [2.45, 2.75) is 19.8 Å². The first kappa shape index (κ1) is 23.0. The van der Waals surface area contributed by atoms with Crippen molar-refractivity contribution >= 4 is 11.5 Å². The van der Waals surface area contributed by atoms with Crippen molar-refractivity contribution in [2.24, 2.45) is 0 Å². The number of nitrogens with zero attached hydrogens (tertiary/aromatic N) is 5. The zero-order chi connectivity index (χ0) is 24.7. The Labute approximate surface area is 208 Å². The molecule has 3 heterocycles. The van der Waals surface area contributed by atoms with E-state index in [-0.39, 0.29) is 0 Å². The fourth-order valence-electron chi connectivity index (χ4n) is 3.77. The second-order valence-electron chi connectivity index (χ2n) is 8.18. The third-order valence-corrected chi connectivity index (χ3v) is 5.54. The van der Waals surface area contributed by atoms with Crippen LogP contribution in [-0.2, 0) is 12.8 Å². The number of tetrazole rings is 1. The number of aromatic nitrogens is 6. The number of hydrogen-bond acceptors (Lipinski definition) is 8. The molecule has 5 aromatic rings. The van der Waals surface area contributed by atoms with Crippen LogP contribution in [0.3, 0.4) is 0 Å². The van der Waals surface area contributed by atoms with E-state index in [9.17, 15) is 0 Å². The average Bonchev–Trinajstić information content (AvgIpc) is 3.43. The number of H-pyrrole nitrogens is 1. The van der Waals surface area contributed by atoms with Crippen LogP contribution in [-0.4, -0.2) is 37.7 Å². The highest BCUT2D eigenvalue weighted by atomic mass is 16.5. The van der Waals surface area contributed by atoms with E-state index in [0.717, 1.165) is 52.6 Å². The smallest absolute Gasteiger partial charge is 0.153 e. The molecule has 0 unspecified atom stereocenters. The monoisotopic (exact) mass is 479 g/mol. The second-order valence-corrected chi connectivity index (χ2v) is 8.18. The van der Waals surface area contributed by atoms with Crippen molar-refractivity contribution in [1.82, 2.24) is 30.6 Å². The number of ether oxygens (including phenoxy) is 2. The lowest BCUT2D eigenvalue weighted by molar-refractivity contribution is 0.415. The summed E-state index contributed by atoms with van der Waals surface area (Å²) in [5, 5.41) is 17.3. The highest BCUT2D eigenvalue weighted by Gasteiger charge is 2.12. The predicted molar refractivity (Wildman–Crippen MR) is 137 cm³/mol. The molecule has 0 fully saturated rings. The number of nitrogens with one attached hydrogen (secondary N) is 2. The topological polar surface area (TPSA) is 111 Å². The Kier molecular flexibility index (Phi) is 6.79. The molecular weight excluding hydrogens is 454 g/mol. The van der Waals surface area contributed by atoms with Crippen LogP contribution in [0.15, 0.2) is 79.0 Å². The van der Waals surface area contributed by atoms with Gasteiger partial charge in [-0.3, -0.25) is 0 Å². The summed E-state index contributed by atoms with van der Waals surface area (Å²) in [6.45, 7) is 1.96. The fourth-order valence-corrected chi connectivity index (χ4v) is 3.77. The van der Waals surface area contributed by atoms with Crippen molar-refractivity contribution in [1.29, 1.82) is 0 Å². The normalized spacial score (nSPS) is 10.7. The Hall–Kier alpha value is -4.79. The number of hydrogen-bond donors (Lipinski definition) is 2. The van der Waals surface area contributed by atoms with Crippen LogP contribution < -0.4 is 14.8 Å². The second kappa shape index (κ2) is 10.6. The molecule has 0 saturated carbocycles. The molecule has 0 atom stereocenters. The minimum absolute atomic E-state index is 0.648. The lowest BCUT2D eigenvalue weighted by Gasteiger charge is -2.13. The quantitative estimate of drug-likeness (QED) is 0.293. The van der Waals surface area contributed by atoms with Gasteiger partial charge in [-0.15, -0.1) is 5.10 Å². The molecule has 0 amide bonds. The first-order chi connectivity index (χ1) is 17.7. The van der Waals surface area contributed by atoms with Gasteiger partial charge in [0.05, 0.1) is 7.11 Å². The summed E-state index contributed by atoms with van der Waals surface area (Å²) in [5.41, 5.74) is 4.66. The summed E-state index contributed by atoms with van der Waals surface area (Å²) in [5.74, 6) is 3.49. The molecule has 0 radical (unpaired) electrons. The zero-order valence-electron chi connectivity index (χ0n) is 20.0. The number of benzene rings is 2. The van der Waals surface area contributed by atoms with Crippen LogP contribution >= 0.6 is 0 Å². The van der Waals surface area contributed by atoms with E-state index < -0.39 is 0 Å². The van der Waals surface area contributed by atoms with Gasteiger partial charge in [-0.1, -0.05) is 24.3 Å². The molecule has 0 bridgehead atoms. The molecule has 2 aromatic carbocycles. The average molecular weight is 480 g/mol. The molecule has 0 saturated heterocycles. The van der Waals surface area contributed by atoms with Crippen molar-refractivity contribution in [3.63, 3.8) is 0 Å². The number of rotatable bonds is 9. The third kappa shape index (κ3) is 5.64. The van der Waals surface area contributed by atoms with Gasteiger partial charge in [-0.25, -0.2) is 15.1 Å². The van der Waals surface area contributed by atoms with Crippen molar-refractivity contribution in [3.8, 4) is 28.5 Å². The lowest BCUT2D eigenvalue weighted by atomic mass is 10.1. The summed E-state index contributed by atoms with van der Waals surface area (Å²) < 4.78 is 11.7. The molecule has 0 aliphatic heterocycles. The van der Waals surface area contributed by atoms with E-state index in [0.29, 0.717) is 17.3 Å². The van der Waals surface area contributed by atoms with E-state index in [1.54, 1.807) is 13.3 Å². The largest absolute Gasteiger partial charge is 0.497 e. The molecule has 5 rings (SSSR count). The molecule has 0 spiro atoms. The molecule has 9 nitrogen and oxygen atoms in total. The Balaban J connectivity index is 1.33. The van der Waals surface area contributed by atoms with E-state index in [4.69, 9.17) is 14.5 Å². The van der Waals surface area contributed by atoms with Gasteiger partial charge in [0.2, 0.25) is 0 Å². The van der Waals surface area contributed by atoms with E-state index in [2.05, 4.69) is 43.1 Å². The van der Waals surface area contributed by atoms with E-state index in [1.807, 2.05) is 67.6 Å². The molecular formula is C27H25N7O2. The maximum Gasteiger partial charge on any atom is 0.153 e. The van der Waals surface area contributed by atoms with Crippen LogP contribution in [0.25, 0.3) is 11.3 Å². The van der Waals surface area contributed by atoms with Gasteiger partial charge in [0, 0.05) is 35.6 Å². The maximum atomic E-state index is 6.27. The summed E-state index contributed by atoms with van der Waals surface area (Å²) in [7, 11) is 1.65. The fraction of sp³-hybridized carbons (Fsp3) is 0.148. The SMILES string of the molecule is COc1cccc(-c2nc(C)ccc2Oc2ccnc(Nc3cccc(CCc4nnn[nH]4)c3)c2)c1. The number of pyridine rings is 2. The predicted octanol–water partition coefficient (Wildman–Crippen LogP) is 5.29. The summed E-state index contributed by atoms with van der Waals surface area (Å²) in [4.78, 5) is 9.18. The van der Waals surface area contributed by atoms with Crippen LogP contribution in [0.4, 0.5) is 11.5 Å². The summed E-state index contributed by atoms with van der Waals surface area (Å²) >= 11 is 0. The summed E-state index contributed by atoms with van der Waals surface area (Å²) in [6, 6.07) is 23.5. The highest BCUT2D eigenvalue weighted by Crippen LogP contribution is 2.34. The molecule has 180 valence electrons. The van der Waals surface area contributed by atoms with Crippen LogP contribution in [0, 0.1) is 6.92 Å². The summed E-state index contributed by atoms with van der Waals surface area (Å²) in [6.07, 6.45) is 3.26. The van der Waals surface area contributed by atoms with E-state index in [1.165, 1.54) is 0 Å². The zero-order valence-corrected chi connectivity index (χ0v) is 20.0. The maximum absolute atomic E-state index is 6.27. The van der Waals surface area contributed by atoms with Gasteiger partial charge >= 0.3 is 0 Å². The van der Waals surface area contributed by atoms with Crippen molar-refractivity contribution in [3.05, 3.63) is 96.1 Å². The van der Waals surface area contributed by atoms with Crippen molar-refractivity contribution in [2.75, 3.05) is 12.4 Å². The number of aromatic amines is 1. The molecule has 9 heteroatoms. The van der Waals surface area contributed by atoms with Gasteiger partial charge in [-0.05, 0) is 71.8 Å². The van der Waals surface area contributed by atoms with Crippen LogP contribution in [0.1, 0.15) is 17.1 Å². The molecule has 36 heavy (non-hydrogen) atoms. The van der Waals surface area contributed by atoms with E-state index >= 15 is 0 Å². The van der Waals surface area contributed by atoms with Gasteiger partial charge in [0.15, 0.2) is 5.75 Å². The van der Waals surface area contributed by atoms with Gasteiger partial charge in [0.25, 0.3) is 0 Å². The van der Waals surface area contributed by atoms with Gasteiger partial charge in [-0.2, -0.15) is 0 Å². The van der Waals surface area contributed by atoms with Crippen molar-refractivity contribution < 1.29 is 9.47 Å². The first-order valence-electron chi connectivity index (χ1n) is 11.5. The van der Waals surface area contributed by atoms with Gasteiger partial charge in [0.1, 0.15) is 28.8 Å². The highest BCUT2D eigenvalue weighted by molar-refractivity contribution is 5.68. The third-order valence-electron chi connectivity index (χ3n) is 5.54. The Morgan fingerprint density at radius 1 is 0.917 bits per heavy atom. The minimum Gasteiger partial charge on any atom is -0.497 e. The number of methoxy groups -OCH3 is 1. The standard InChI is InChI=1S/C27H25N7O2/c1-18-9-11-24(27(29-18)20-6-4-8-22(16-20)35-2)36-23-13-14-28-26(17-23)30-21-7-3-5-19(15-21)10-12-25-31-33-34-32-25/h3-9,11,13-17H,10,12H2,1-2H3,(H,28,30)(H,31,32,33,34). The van der Waals surface area contributed by atoms with Crippen LogP contribution in [0.5, 0.6) is 17.2 Å².